The number of nitrogens with zero attached hydrogens (tertiary/aromatic N) is 2. The van der Waals surface area contributed by atoms with E-state index in [9.17, 15) is 25.2 Å². The van der Waals surface area contributed by atoms with Crippen LogP contribution in [0.4, 0.5) is 5.00 Å². The molecule has 0 atom stereocenters. The average Bonchev–Trinajstić information content (AvgIpc) is 3.16. The number of thiophene rings is 1. The molecule has 0 aliphatic heterocycles. The number of ether oxygens (including phenoxy) is 1. The molecule has 1 aromatic carbocycles. The van der Waals surface area contributed by atoms with E-state index in [4.69, 9.17) is 0 Å². The van der Waals surface area contributed by atoms with Crippen LogP contribution in [0.5, 0.6) is 0 Å². The van der Waals surface area contributed by atoms with Crippen LogP contribution in [0.3, 0.4) is 0 Å². The topological polar surface area (TPSA) is 126 Å². The number of anilines is 1. The summed E-state index contributed by atoms with van der Waals surface area (Å²) in [6, 6.07) is 10.2. The van der Waals surface area contributed by atoms with Gasteiger partial charge in [-0.1, -0.05) is 21.7 Å². The normalized spacial score (nSPS) is 13.4. The number of fused-ring (bicyclic) bond motifs is 1. The van der Waals surface area contributed by atoms with Gasteiger partial charge in [-0.3, -0.25) is 4.79 Å². The van der Waals surface area contributed by atoms with Crippen LogP contribution in [0.15, 0.2) is 51.8 Å². The summed E-state index contributed by atoms with van der Waals surface area (Å²) in [7, 11) is 1.05. The van der Waals surface area contributed by atoms with Gasteiger partial charge in [0, 0.05) is 26.7 Å². The standard InChI is InChI=1S/C23H18BrN3O4S.K/c1-31-23(30)17(12-26)21(29)18(10-19(28)13-6-8-14(24)9-7-13)27-22-16(11-25)15-4-2-3-5-20(15)32-22;/h6-10,27,29H,2-5H2,1H3;/q;+1/p-1. The number of benzene rings is 1. The third kappa shape index (κ3) is 6.43. The summed E-state index contributed by atoms with van der Waals surface area (Å²) >= 11 is 4.63. The third-order valence-corrected chi connectivity index (χ3v) is 6.64. The first kappa shape index (κ1) is 27.5. The maximum absolute atomic E-state index is 13.0. The zero-order chi connectivity index (χ0) is 23.3. The molecule has 0 radical (unpaired) electrons. The molecule has 0 spiro atoms. The molecule has 0 saturated heterocycles. The predicted molar refractivity (Wildman–Crippen MR) is 121 cm³/mol. The van der Waals surface area contributed by atoms with Crippen LogP contribution >= 0.6 is 27.3 Å². The number of esters is 1. The maximum Gasteiger partial charge on any atom is 1.00 e. The molecule has 10 heteroatoms. The van der Waals surface area contributed by atoms with Crippen LogP contribution in [0.1, 0.15) is 39.2 Å². The van der Waals surface area contributed by atoms with E-state index in [2.05, 4.69) is 32.1 Å². The second-order valence-corrected chi connectivity index (χ2v) is 8.91. The predicted octanol–water partition coefficient (Wildman–Crippen LogP) is 0.755. The molecule has 1 aliphatic rings. The molecule has 1 heterocycles. The molecule has 2 aromatic rings. The van der Waals surface area contributed by atoms with Crippen molar-refractivity contribution in [2.75, 3.05) is 12.4 Å². The van der Waals surface area contributed by atoms with Crippen molar-refractivity contribution in [3.8, 4) is 12.1 Å². The Hall–Kier alpha value is -1.76. The molecule has 0 amide bonds. The van der Waals surface area contributed by atoms with Crippen molar-refractivity contribution in [3.05, 3.63) is 73.4 Å². The number of hydrogen-bond acceptors (Lipinski definition) is 8. The van der Waals surface area contributed by atoms with Gasteiger partial charge in [0.15, 0.2) is 5.78 Å². The Morgan fingerprint density at radius 3 is 2.48 bits per heavy atom. The van der Waals surface area contributed by atoms with E-state index in [1.165, 1.54) is 11.3 Å². The van der Waals surface area contributed by atoms with Gasteiger partial charge in [-0.2, -0.15) is 10.5 Å². The molecule has 3 rings (SSSR count). The molecule has 162 valence electrons. The number of allylic oxidation sites excluding steroid dienone is 1. The Morgan fingerprint density at radius 2 is 1.88 bits per heavy atom. The van der Waals surface area contributed by atoms with Crippen molar-refractivity contribution in [1.82, 2.24) is 0 Å². The summed E-state index contributed by atoms with van der Waals surface area (Å²) in [5, 5.41) is 35.3. The Morgan fingerprint density at radius 1 is 1.21 bits per heavy atom. The quantitative estimate of drug-likeness (QED) is 0.107. The number of carbonyl (C=O) groups is 2. The first-order valence-corrected chi connectivity index (χ1v) is 11.2. The van der Waals surface area contributed by atoms with Gasteiger partial charge < -0.3 is 15.2 Å². The zero-order valence-corrected chi connectivity index (χ0v) is 23.6. The van der Waals surface area contributed by atoms with E-state index in [1.807, 2.05) is 0 Å². The zero-order valence-electron chi connectivity index (χ0n) is 18.0. The van der Waals surface area contributed by atoms with Gasteiger partial charge in [-0.05, 0) is 55.5 Å². The first-order valence-electron chi connectivity index (χ1n) is 9.63. The molecular formula is C23H17BrKN3O4S. The van der Waals surface area contributed by atoms with Crippen LogP contribution < -0.4 is 61.8 Å². The second-order valence-electron chi connectivity index (χ2n) is 6.89. The fourth-order valence-corrected chi connectivity index (χ4v) is 4.82. The number of rotatable bonds is 6. The van der Waals surface area contributed by atoms with Gasteiger partial charge in [0.1, 0.15) is 22.7 Å². The van der Waals surface area contributed by atoms with E-state index >= 15 is 0 Å². The summed E-state index contributed by atoms with van der Waals surface area (Å²) in [6.45, 7) is 0. The van der Waals surface area contributed by atoms with Gasteiger partial charge in [0.2, 0.25) is 0 Å². The number of aryl methyl sites for hydroxylation is 1. The van der Waals surface area contributed by atoms with Gasteiger partial charge >= 0.3 is 57.4 Å². The maximum atomic E-state index is 13.0. The summed E-state index contributed by atoms with van der Waals surface area (Å²) in [4.78, 5) is 25.8. The summed E-state index contributed by atoms with van der Waals surface area (Å²) in [6.07, 6.45) is 4.61. The Bertz CT molecular complexity index is 1220. The van der Waals surface area contributed by atoms with E-state index in [1.54, 1.807) is 30.3 Å². The van der Waals surface area contributed by atoms with Crippen LogP contribution in [0.25, 0.3) is 0 Å². The summed E-state index contributed by atoms with van der Waals surface area (Å²) in [5.74, 6) is -2.59. The molecule has 1 aromatic heterocycles. The first-order chi connectivity index (χ1) is 15.4. The SMILES string of the molecule is COC(=O)C(C#N)=C([O-])C(=CC(=O)c1ccc(Br)cc1)Nc1sc2c(c1C#N)CCCC2.[K+]. The molecule has 33 heavy (non-hydrogen) atoms. The Balaban J connectivity index is 0.00000385. The minimum Gasteiger partial charge on any atom is -0.870 e. The van der Waals surface area contributed by atoms with Gasteiger partial charge in [0.05, 0.1) is 12.7 Å². The van der Waals surface area contributed by atoms with Gasteiger partial charge in [0.25, 0.3) is 0 Å². The number of nitrogens with one attached hydrogen (secondary N) is 1. The molecule has 0 saturated carbocycles. The van der Waals surface area contributed by atoms with E-state index in [-0.39, 0.29) is 57.1 Å². The smallest absolute Gasteiger partial charge is 0.870 e. The number of hydrogen-bond donors (Lipinski definition) is 1. The minimum atomic E-state index is -1.10. The number of ketones is 1. The van der Waals surface area contributed by atoms with Crippen molar-refractivity contribution in [3.63, 3.8) is 0 Å². The second kappa shape index (κ2) is 12.6. The van der Waals surface area contributed by atoms with E-state index < -0.39 is 23.1 Å². The van der Waals surface area contributed by atoms with E-state index in [0.717, 1.165) is 53.8 Å². The van der Waals surface area contributed by atoms with Gasteiger partial charge in [-0.25, -0.2) is 4.79 Å². The molecule has 0 fully saturated rings. The van der Waals surface area contributed by atoms with Crippen molar-refractivity contribution in [2.45, 2.75) is 25.7 Å². The molecular weight excluding hydrogens is 533 g/mol. The fourth-order valence-electron chi connectivity index (χ4n) is 3.31. The van der Waals surface area contributed by atoms with Crippen molar-refractivity contribution < 1.29 is 70.8 Å². The Kier molecular flexibility index (Phi) is 10.5. The Labute approximate surface area is 246 Å². The molecule has 0 unspecified atom stereocenters. The van der Waals surface area contributed by atoms with Crippen LogP contribution in [0.2, 0.25) is 0 Å². The van der Waals surface area contributed by atoms with Gasteiger partial charge in [-0.15, -0.1) is 11.3 Å². The van der Waals surface area contributed by atoms with Crippen molar-refractivity contribution in [1.29, 1.82) is 10.5 Å². The van der Waals surface area contributed by atoms with Crippen molar-refractivity contribution in [2.24, 2.45) is 0 Å². The molecule has 1 aliphatic carbocycles. The molecule has 1 N–H and O–H groups in total. The largest absolute Gasteiger partial charge is 1.00 e. The number of halogens is 1. The molecule has 0 bridgehead atoms. The number of nitriles is 2. The third-order valence-electron chi connectivity index (χ3n) is 4.91. The van der Waals surface area contributed by atoms with Crippen molar-refractivity contribution >= 4 is 44.0 Å². The summed E-state index contributed by atoms with van der Waals surface area (Å²) in [5.41, 5.74) is 0.610. The number of carbonyl (C=O) groups excluding carboxylic acids is 2. The average molecular weight is 550 g/mol. The summed E-state index contributed by atoms with van der Waals surface area (Å²) < 4.78 is 5.30. The monoisotopic (exact) mass is 549 g/mol. The van der Waals surface area contributed by atoms with Crippen LogP contribution in [-0.2, 0) is 22.4 Å². The minimum absolute atomic E-state index is 0. The number of methoxy groups -OCH3 is 1. The van der Waals surface area contributed by atoms with Crippen LogP contribution in [0, 0.1) is 22.7 Å². The molecule has 7 nitrogen and oxygen atoms in total. The van der Waals surface area contributed by atoms with Crippen LogP contribution in [-0.4, -0.2) is 18.9 Å². The fraction of sp³-hybridized carbons (Fsp3) is 0.217. The van der Waals surface area contributed by atoms with E-state index in [0.29, 0.717) is 16.1 Å².